The average Bonchev–Trinajstić information content (AvgIpc) is 3.14. The van der Waals surface area contributed by atoms with Gasteiger partial charge in [0.1, 0.15) is 5.82 Å². The van der Waals surface area contributed by atoms with Gasteiger partial charge >= 0.3 is 0 Å². The van der Waals surface area contributed by atoms with Crippen LogP contribution in [0.25, 0.3) is 5.95 Å². The maximum atomic E-state index is 12.8. The number of hydrogen-bond acceptors (Lipinski definition) is 6. The number of aromatic nitrogens is 4. The summed E-state index contributed by atoms with van der Waals surface area (Å²) in [5.74, 6) is 0.0825. The van der Waals surface area contributed by atoms with E-state index in [2.05, 4.69) is 20.4 Å². The van der Waals surface area contributed by atoms with Gasteiger partial charge in [-0.15, -0.1) is 0 Å². The molecule has 0 bridgehead atoms. The van der Waals surface area contributed by atoms with Crippen molar-refractivity contribution in [3.05, 3.63) is 63.7 Å². The van der Waals surface area contributed by atoms with E-state index < -0.39 is 15.9 Å². The van der Waals surface area contributed by atoms with Crippen molar-refractivity contribution in [2.75, 3.05) is 18.4 Å². The molecule has 10 nitrogen and oxygen atoms in total. The Bertz CT molecular complexity index is 1290. The van der Waals surface area contributed by atoms with Crippen molar-refractivity contribution in [2.45, 2.75) is 45.4 Å². The van der Waals surface area contributed by atoms with E-state index in [1.54, 1.807) is 26.8 Å². The molecular weight excluding hydrogens is 444 g/mol. The van der Waals surface area contributed by atoms with E-state index in [4.69, 9.17) is 0 Å². The summed E-state index contributed by atoms with van der Waals surface area (Å²) in [7, 11) is -3.61. The molecular formula is C22H28N6O4S. The second-order valence-corrected chi connectivity index (χ2v) is 9.40. The van der Waals surface area contributed by atoms with Crippen LogP contribution in [0.1, 0.15) is 48.9 Å². The van der Waals surface area contributed by atoms with Gasteiger partial charge in [0.2, 0.25) is 16.0 Å². The van der Waals surface area contributed by atoms with E-state index in [1.807, 2.05) is 6.92 Å². The summed E-state index contributed by atoms with van der Waals surface area (Å²) in [6, 6.07) is 8.85. The maximum Gasteiger partial charge on any atom is 0.256 e. The molecule has 1 aromatic carbocycles. The number of amides is 1. The number of aromatic amines is 1. The molecule has 0 unspecified atom stereocenters. The quantitative estimate of drug-likeness (QED) is 0.492. The predicted octanol–water partition coefficient (Wildman–Crippen LogP) is 2.50. The lowest BCUT2D eigenvalue weighted by molar-refractivity contribution is 0.102. The molecule has 2 heterocycles. The SMILES string of the molecule is CCCc1cc(=O)[nH]c(-n2nc(C)cc2NC(=O)c2ccc(S(=O)(=O)N(CC)CC)cc2)n1. The van der Waals surface area contributed by atoms with E-state index >= 15 is 0 Å². The van der Waals surface area contributed by atoms with E-state index in [0.717, 1.165) is 6.42 Å². The highest BCUT2D eigenvalue weighted by atomic mass is 32.2. The Morgan fingerprint density at radius 1 is 1.12 bits per heavy atom. The van der Waals surface area contributed by atoms with E-state index in [9.17, 15) is 18.0 Å². The van der Waals surface area contributed by atoms with Crippen LogP contribution >= 0.6 is 0 Å². The van der Waals surface area contributed by atoms with E-state index in [1.165, 1.54) is 39.3 Å². The van der Waals surface area contributed by atoms with Gasteiger partial charge in [-0.05, 0) is 37.6 Å². The standard InChI is InChI=1S/C22H28N6O4S/c1-5-8-17-14-20(29)25-22(23-17)28-19(13-15(4)26-28)24-21(30)16-9-11-18(12-10-16)33(31,32)27(6-2)7-3/h9-14H,5-8H2,1-4H3,(H,24,30)(H,23,25,29). The third-order valence-electron chi connectivity index (χ3n) is 5.02. The first-order valence-electron chi connectivity index (χ1n) is 10.8. The summed E-state index contributed by atoms with van der Waals surface area (Å²) in [5, 5.41) is 7.10. The van der Waals surface area contributed by atoms with Gasteiger partial charge < -0.3 is 5.32 Å². The molecule has 0 saturated heterocycles. The van der Waals surface area contributed by atoms with Crippen molar-refractivity contribution in [3.63, 3.8) is 0 Å². The van der Waals surface area contributed by atoms with E-state index in [-0.39, 0.29) is 22.0 Å². The number of H-pyrrole nitrogens is 1. The smallest absolute Gasteiger partial charge is 0.256 e. The van der Waals surface area contributed by atoms with Gasteiger partial charge in [-0.2, -0.15) is 14.1 Å². The summed E-state index contributed by atoms with van der Waals surface area (Å²) in [5.41, 5.74) is 1.22. The van der Waals surface area contributed by atoms with Crippen LogP contribution in [-0.4, -0.2) is 51.5 Å². The van der Waals surface area contributed by atoms with Crippen molar-refractivity contribution < 1.29 is 13.2 Å². The van der Waals surface area contributed by atoms with Crippen LogP contribution < -0.4 is 10.9 Å². The lowest BCUT2D eigenvalue weighted by Crippen LogP contribution is -2.30. The van der Waals surface area contributed by atoms with E-state index in [0.29, 0.717) is 36.7 Å². The molecule has 0 fully saturated rings. The molecule has 0 saturated carbocycles. The number of sulfonamides is 1. The largest absolute Gasteiger partial charge is 0.306 e. The van der Waals surface area contributed by atoms with Gasteiger partial charge in [0.25, 0.3) is 11.5 Å². The average molecular weight is 473 g/mol. The fourth-order valence-corrected chi connectivity index (χ4v) is 4.87. The second kappa shape index (κ2) is 10.1. The molecule has 3 rings (SSSR count). The molecule has 176 valence electrons. The normalized spacial score (nSPS) is 11.7. The zero-order chi connectivity index (χ0) is 24.2. The lowest BCUT2D eigenvalue weighted by Gasteiger charge is -2.18. The number of anilines is 1. The van der Waals surface area contributed by atoms with Crippen LogP contribution in [0, 0.1) is 6.92 Å². The van der Waals surface area contributed by atoms with Gasteiger partial charge in [0.05, 0.1) is 10.6 Å². The Kier molecular flexibility index (Phi) is 7.44. The Labute approximate surface area is 192 Å². The lowest BCUT2D eigenvalue weighted by atomic mass is 10.2. The number of carbonyl (C=O) groups excluding carboxylic acids is 1. The van der Waals surface area contributed by atoms with Crippen molar-refractivity contribution in [3.8, 4) is 5.95 Å². The van der Waals surface area contributed by atoms with Gasteiger partial charge in [0, 0.05) is 36.5 Å². The minimum absolute atomic E-state index is 0.123. The van der Waals surface area contributed by atoms with Crippen molar-refractivity contribution in [1.82, 2.24) is 24.1 Å². The van der Waals surface area contributed by atoms with Crippen LogP contribution in [0.2, 0.25) is 0 Å². The zero-order valence-corrected chi connectivity index (χ0v) is 19.9. The Morgan fingerprint density at radius 3 is 2.39 bits per heavy atom. The molecule has 11 heteroatoms. The first-order valence-corrected chi connectivity index (χ1v) is 12.2. The summed E-state index contributed by atoms with van der Waals surface area (Å²) in [4.78, 5) is 32.1. The minimum atomic E-state index is -3.61. The molecule has 2 aromatic heterocycles. The molecule has 0 spiro atoms. The fraction of sp³-hybridized carbons (Fsp3) is 0.364. The van der Waals surface area contributed by atoms with Gasteiger partial charge in [-0.1, -0.05) is 27.2 Å². The number of aryl methyl sites for hydroxylation is 2. The van der Waals surface area contributed by atoms with Gasteiger partial charge in [-0.25, -0.2) is 13.4 Å². The zero-order valence-electron chi connectivity index (χ0n) is 19.1. The number of nitrogens with zero attached hydrogens (tertiary/aromatic N) is 4. The number of hydrogen-bond donors (Lipinski definition) is 2. The van der Waals surface area contributed by atoms with Crippen molar-refractivity contribution >= 4 is 21.7 Å². The van der Waals surface area contributed by atoms with Crippen LogP contribution in [0.15, 0.2) is 46.1 Å². The van der Waals surface area contributed by atoms with Gasteiger partial charge in [-0.3, -0.25) is 14.6 Å². The highest BCUT2D eigenvalue weighted by Crippen LogP contribution is 2.19. The molecule has 0 radical (unpaired) electrons. The third kappa shape index (κ3) is 5.37. The molecule has 1 amide bonds. The van der Waals surface area contributed by atoms with Gasteiger partial charge in [0.15, 0.2) is 0 Å². The molecule has 0 atom stereocenters. The second-order valence-electron chi connectivity index (χ2n) is 7.46. The summed E-state index contributed by atoms with van der Waals surface area (Å²) >= 11 is 0. The number of benzene rings is 1. The predicted molar refractivity (Wildman–Crippen MR) is 125 cm³/mol. The first kappa shape index (κ1) is 24.3. The highest BCUT2D eigenvalue weighted by molar-refractivity contribution is 7.89. The number of rotatable bonds is 9. The van der Waals surface area contributed by atoms with Crippen molar-refractivity contribution in [2.24, 2.45) is 0 Å². The maximum absolute atomic E-state index is 12.8. The molecule has 0 aliphatic carbocycles. The minimum Gasteiger partial charge on any atom is -0.306 e. The Hall–Kier alpha value is -3.31. The molecule has 0 aliphatic rings. The Balaban J connectivity index is 1.87. The summed E-state index contributed by atoms with van der Waals surface area (Å²) < 4.78 is 28.0. The van der Waals surface area contributed by atoms with Crippen LogP contribution in [0.5, 0.6) is 0 Å². The monoisotopic (exact) mass is 472 g/mol. The molecule has 0 aliphatic heterocycles. The van der Waals surface area contributed by atoms with Crippen LogP contribution in [0.3, 0.4) is 0 Å². The third-order valence-corrected chi connectivity index (χ3v) is 7.09. The summed E-state index contributed by atoms with van der Waals surface area (Å²) in [6.07, 6.45) is 1.47. The highest BCUT2D eigenvalue weighted by Gasteiger charge is 2.22. The fourth-order valence-electron chi connectivity index (χ4n) is 3.41. The Morgan fingerprint density at radius 2 is 1.79 bits per heavy atom. The molecule has 2 N–H and O–H groups in total. The molecule has 3 aromatic rings. The number of carbonyl (C=O) groups is 1. The van der Waals surface area contributed by atoms with Crippen LogP contribution in [-0.2, 0) is 16.4 Å². The number of nitrogens with one attached hydrogen (secondary N) is 2. The van der Waals surface area contributed by atoms with Crippen LogP contribution in [0.4, 0.5) is 5.82 Å². The molecule has 33 heavy (non-hydrogen) atoms. The van der Waals surface area contributed by atoms with Crippen molar-refractivity contribution in [1.29, 1.82) is 0 Å². The topological polar surface area (TPSA) is 130 Å². The first-order chi connectivity index (χ1) is 15.7. The summed E-state index contributed by atoms with van der Waals surface area (Å²) in [6.45, 7) is 8.01.